The van der Waals surface area contributed by atoms with E-state index in [1.165, 1.54) is 11.8 Å². The number of amides is 1. The van der Waals surface area contributed by atoms with Gasteiger partial charge in [-0.05, 0) is 5.56 Å². The van der Waals surface area contributed by atoms with Gasteiger partial charge in [0.2, 0.25) is 0 Å². The maximum atomic E-state index is 12.4. The zero-order chi connectivity index (χ0) is 16.1. The number of nitrogens with zero attached hydrogens (tertiary/aromatic N) is 2. The Morgan fingerprint density at radius 2 is 2.22 bits per heavy atom. The summed E-state index contributed by atoms with van der Waals surface area (Å²) in [5, 5.41) is 6.57. The fourth-order valence-corrected chi connectivity index (χ4v) is 2.68. The zero-order valence-corrected chi connectivity index (χ0v) is 13.2. The SMILES string of the molecule is CCc1oncc1NC(=O)C1CN(Cc2ccccc2)CCO1. The lowest BCUT2D eigenvalue weighted by molar-refractivity contribution is -0.133. The third kappa shape index (κ3) is 3.97. The first-order valence-electron chi connectivity index (χ1n) is 7.88. The van der Waals surface area contributed by atoms with Gasteiger partial charge >= 0.3 is 0 Å². The normalized spacial score (nSPS) is 18.7. The maximum absolute atomic E-state index is 12.4. The van der Waals surface area contributed by atoms with Gasteiger partial charge in [0.05, 0.1) is 12.8 Å². The molecule has 122 valence electrons. The van der Waals surface area contributed by atoms with Crippen LogP contribution in [0, 0.1) is 0 Å². The molecule has 23 heavy (non-hydrogen) atoms. The van der Waals surface area contributed by atoms with Gasteiger partial charge in [-0.25, -0.2) is 0 Å². The van der Waals surface area contributed by atoms with E-state index in [1.807, 2.05) is 25.1 Å². The van der Waals surface area contributed by atoms with Gasteiger partial charge in [-0.1, -0.05) is 42.4 Å². The molecule has 1 aromatic heterocycles. The topological polar surface area (TPSA) is 67.6 Å². The standard InChI is InChI=1S/C17H21N3O3/c1-2-15-14(10-18-23-15)19-17(21)16-12-20(8-9-22-16)11-13-6-4-3-5-7-13/h3-7,10,16H,2,8-9,11-12H2,1H3,(H,19,21). The summed E-state index contributed by atoms with van der Waals surface area (Å²) in [7, 11) is 0. The van der Waals surface area contributed by atoms with E-state index in [2.05, 4.69) is 27.5 Å². The van der Waals surface area contributed by atoms with Crippen LogP contribution >= 0.6 is 0 Å². The predicted molar refractivity (Wildman–Crippen MR) is 86.0 cm³/mol. The van der Waals surface area contributed by atoms with Crippen LogP contribution in [0.3, 0.4) is 0 Å². The Kier molecular flexibility index (Phi) is 5.05. The van der Waals surface area contributed by atoms with Gasteiger partial charge in [0.25, 0.3) is 5.91 Å². The van der Waals surface area contributed by atoms with Crippen LogP contribution in [0.4, 0.5) is 5.69 Å². The number of anilines is 1. The zero-order valence-electron chi connectivity index (χ0n) is 13.2. The summed E-state index contributed by atoms with van der Waals surface area (Å²) in [5.74, 6) is 0.524. The quantitative estimate of drug-likeness (QED) is 0.915. The lowest BCUT2D eigenvalue weighted by atomic mass is 10.2. The number of aromatic nitrogens is 1. The highest BCUT2D eigenvalue weighted by atomic mass is 16.5. The summed E-state index contributed by atoms with van der Waals surface area (Å²) in [4.78, 5) is 14.6. The fourth-order valence-electron chi connectivity index (χ4n) is 2.68. The molecule has 1 atom stereocenters. The molecule has 1 N–H and O–H groups in total. The molecular weight excluding hydrogens is 294 g/mol. The van der Waals surface area contributed by atoms with Gasteiger partial charge in [0.15, 0.2) is 5.76 Å². The number of aryl methyl sites for hydroxylation is 1. The number of rotatable bonds is 5. The highest BCUT2D eigenvalue weighted by molar-refractivity contribution is 5.94. The second kappa shape index (κ2) is 7.39. The lowest BCUT2D eigenvalue weighted by Crippen LogP contribution is -2.47. The van der Waals surface area contributed by atoms with Crippen LogP contribution in [0.1, 0.15) is 18.2 Å². The average Bonchev–Trinajstić information content (AvgIpc) is 3.03. The van der Waals surface area contributed by atoms with Gasteiger partial charge < -0.3 is 14.6 Å². The molecule has 1 unspecified atom stereocenters. The van der Waals surface area contributed by atoms with Crippen molar-refractivity contribution in [2.24, 2.45) is 0 Å². The molecule has 6 nitrogen and oxygen atoms in total. The van der Waals surface area contributed by atoms with E-state index >= 15 is 0 Å². The number of morpholine rings is 1. The largest absolute Gasteiger partial charge is 0.366 e. The Morgan fingerprint density at radius 1 is 1.39 bits per heavy atom. The first-order chi connectivity index (χ1) is 11.3. The van der Waals surface area contributed by atoms with Crippen molar-refractivity contribution in [1.29, 1.82) is 0 Å². The molecule has 1 aliphatic rings. The van der Waals surface area contributed by atoms with Crippen molar-refractivity contribution in [3.05, 3.63) is 47.9 Å². The highest BCUT2D eigenvalue weighted by Crippen LogP contribution is 2.17. The van der Waals surface area contributed by atoms with Crippen molar-refractivity contribution >= 4 is 11.6 Å². The van der Waals surface area contributed by atoms with E-state index < -0.39 is 6.10 Å². The Morgan fingerprint density at radius 3 is 3.00 bits per heavy atom. The van der Waals surface area contributed by atoms with Gasteiger partial charge in [-0.3, -0.25) is 9.69 Å². The molecule has 1 aliphatic heterocycles. The summed E-state index contributed by atoms with van der Waals surface area (Å²) in [6.07, 6.45) is 1.73. The summed E-state index contributed by atoms with van der Waals surface area (Å²) >= 11 is 0. The first kappa shape index (κ1) is 15.7. The Hall–Kier alpha value is -2.18. The monoisotopic (exact) mass is 315 g/mol. The number of benzene rings is 1. The molecule has 1 aromatic carbocycles. The van der Waals surface area contributed by atoms with Crippen LogP contribution < -0.4 is 5.32 Å². The number of carbonyl (C=O) groups excluding carboxylic acids is 1. The van der Waals surface area contributed by atoms with E-state index in [0.717, 1.165) is 13.1 Å². The minimum absolute atomic E-state index is 0.152. The van der Waals surface area contributed by atoms with Crippen molar-refractivity contribution in [3.63, 3.8) is 0 Å². The molecule has 1 saturated heterocycles. The summed E-state index contributed by atoms with van der Waals surface area (Å²) < 4.78 is 10.7. The van der Waals surface area contributed by atoms with Crippen molar-refractivity contribution in [2.45, 2.75) is 26.0 Å². The fraction of sp³-hybridized carbons (Fsp3) is 0.412. The number of hydrogen-bond donors (Lipinski definition) is 1. The molecular formula is C17H21N3O3. The third-order valence-corrected chi connectivity index (χ3v) is 3.92. The Bertz CT molecular complexity index is 642. The molecule has 6 heteroatoms. The van der Waals surface area contributed by atoms with Crippen molar-refractivity contribution < 1.29 is 14.1 Å². The van der Waals surface area contributed by atoms with Crippen LogP contribution in [0.2, 0.25) is 0 Å². The van der Waals surface area contributed by atoms with Crippen LogP contribution in [-0.4, -0.2) is 41.8 Å². The molecule has 0 bridgehead atoms. The number of ether oxygens (including phenoxy) is 1. The van der Waals surface area contributed by atoms with Crippen LogP contribution in [0.5, 0.6) is 0 Å². The molecule has 1 fully saturated rings. The van der Waals surface area contributed by atoms with E-state index in [1.54, 1.807) is 0 Å². The van der Waals surface area contributed by atoms with Gasteiger partial charge in [0, 0.05) is 26.1 Å². The van der Waals surface area contributed by atoms with Crippen molar-refractivity contribution in [2.75, 3.05) is 25.0 Å². The molecule has 0 aliphatic carbocycles. The maximum Gasteiger partial charge on any atom is 0.254 e. The van der Waals surface area contributed by atoms with Crippen LogP contribution in [-0.2, 0) is 22.5 Å². The van der Waals surface area contributed by atoms with Gasteiger partial charge in [-0.15, -0.1) is 0 Å². The average molecular weight is 315 g/mol. The highest BCUT2D eigenvalue weighted by Gasteiger charge is 2.27. The van der Waals surface area contributed by atoms with E-state index in [4.69, 9.17) is 9.26 Å². The predicted octanol–water partition coefficient (Wildman–Crippen LogP) is 2.08. The summed E-state index contributed by atoms with van der Waals surface area (Å²) in [5.41, 5.74) is 1.86. The van der Waals surface area contributed by atoms with E-state index in [-0.39, 0.29) is 5.91 Å². The molecule has 0 radical (unpaired) electrons. The first-order valence-corrected chi connectivity index (χ1v) is 7.88. The minimum Gasteiger partial charge on any atom is -0.366 e. The molecule has 0 saturated carbocycles. The van der Waals surface area contributed by atoms with Crippen molar-refractivity contribution in [3.8, 4) is 0 Å². The molecule has 0 spiro atoms. The number of hydrogen-bond acceptors (Lipinski definition) is 5. The summed E-state index contributed by atoms with van der Waals surface area (Å²) in [6, 6.07) is 10.2. The number of carbonyl (C=O) groups is 1. The Balaban J connectivity index is 1.58. The second-order valence-corrected chi connectivity index (χ2v) is 5.59. The Labute approximate surface area is 135 Å². The van der Waals surface area contributed by atoms with Crippen LogP contribution in [0.25, 0.3) is 0 Å². The van der Waals surface area contributed by atoms with Gasteiger partial charge in [0.1, 0.15) is 11.8 Å². The second-order valence-electron chi connectivity index (χ2n) is 5.59. The number of nitrogens with one attached hydrogen (secondary N) is 1. The molecule has 2 aromatic rings. The smallest absolute Gasteiger partial charge is 0.254 e. The third-order valence-electron chi connectivity index (χ3n) is 3.92. The minimum atomic E-state index is -0.480. The van der Waals surface area contributed by atoms with Gasteiger partial charge in [-0.2, -0.15) is 0 Å². The molecule has 2 heterocycles. The molecule has 1 amide bonds. The lowest BCUT2D eigenvalue weighted by Gasteiger charge is -2.32. The summed E-state index contributed by atoms with van der Waals surface area (Å²) in [6.45, 7) is 4.73. The molecule has 3 rings (SSSR count). The van der Waals surface area contributed by atoms with Crippen LogP contribution in [0.15, 0.2) is 41.1 Å². The van der Waals surface area contributed by atoms with E-state index in [9.17, 15) is 4.79 Å². The van der Waals surface area contributed by atoms with E-state index in [0.29, 0.717) is 31.0 Å². The van der Waals surface area contributed by atoms with Crippen molar-refractivity contribution in [1.82, 2.24) is 10.1 Å².